The Balaban J connectivity index is 2.55. The molecular formula is C9H7N3O5. The Bertz CT molecular complexity index is 636. The van der Waals surface area contributed by atoms with Crippen molar-refractivity contribution >= 4 is 11.0 Å². The SMILES string of the molecule is O=[N+]([O-])OCc1c[n+](=O)c2ccccc2n1[O-]. The third kappa shape index (κ3) is 2.00. The molecule has 0 aliphatic heterocycles. The van der Waals surface area contributed by atoms with Crippen molar-refractivity contribution in [1.82, 2.24) is 4.73 Å². The smallest absolute Gasteiger partial charge is 0.294 e. The Kier molecular flexibility index (Phi) is 2.61. The fourth-order valence-electron chi connectivity index (χ4n) is 1.45. The van der Waals surface area contributed by atoms with E-state index < -0.39 is 11.7 Å². The molecule has 0 saturated heterocycles. The van der Waals surface area contributed by atoms with Gasteiger partial charge in [-0.05, 0) is 6.07 Å². The van der Waals surface area contributed by atoms with Gasteiger partial charge in [0.15, 0.2) is 0 Å². The molecule has 0 aliphatic rings. The summed E-state index contributed by atoms with van der Waals surface area (Å²) in [5.74, 6) is 0. The van der Waals surface area contributed by atoms with Crippen molar-refractivity contribution in [3.8, 4) is 0 Å². The van der Waals surface area contributed by atoms with E-state index in [0.717, 1.165) is 6.20 Å². The van der Waals surface area contributed by atoms with Crippen LogP contribution in [0.5, 0.6) is 0 Å². The van der Waals surface area contributed by atoms with Gasteiger partial charge in [-0.1, -0.05) is 12.1 Å². The van der Waals surface area contributed by atoms with E-state index in [1.807, 2.05) is 0 Å². The Morgan fingerprint density at radius 3 is 2.82 bits per heavy atom. The van der Waals surface area contributed by atoms with Crippen molar-refractivity contribution in [3.63, 3.8) is 0 Å². The molecule has 0 spiro atoms. The second-order valence-corrected chi connectivity index (χ2v) is 3.23. The van der Waals surface area contributed by atoms with Gasteiger partial charge in [-0.15, -0.1) is 10.1 Å². The predicted molar refractivity (Wildman–Crippen MR) is 55.9 cm³/mol. The lowest BCUT2D eigenvalue weighted by molar-refractivity contribution is -0.763. The summed E-state index contributed by atoms with van der Waals surface area (Å²) >= 11 is 0. The third-order valence-electron chi connectivity index (χ3n) is 2.18. The van der Waals surface area contributed by atoms with E-state index in [-0.39, 0.29) is 16.7 Å². The number of benzene rings is 1. The zero-order chi connectivity index (χ0) is 12.4. The lowest BCUT2D eigenvalue weighted by Crippen LogP contribution is -2.21. The van der Waals surface area contributed by atoms with Crippen LogP contribution in [0.3, 0.4) is 0 Å². The molecule has 1 aromatic heterocycles. The van der Waals surface area contributed by atoms with Gasteiger partial charge in [0.2, 0.25) is 6.20 Å². The Labute approximate surface area is 94.0 Å². The zero-order valence-electron chi connectivity index (χ0n) is 8.48. The number of hydrogen-bond donors (Lipinski definition) is 0. The molecule has 0 aliphatic carbocycles. The number of aromatic nitrogens is 2. The lowest BCUT2D eigenvalue weighted by atomic mass is 10.3. The molecule has 8 heteroatoms. The molecule has 1 heterocycles. The van der Waals surface area contributed by atoms with Gasteiger partial charge in [-0.25, -0.2) is 0 Å². The number of para-hydroxylation sites is 2. The van der Waals surface area contributed by atoms with Crippen LogP contribution >= 0.6 is 0 Å². The maximum absolute atomic E-state index is 11.8. The van der Waals surface area contributed by atoms with Crippen molar-refractivity contribution in [2.75, 3.05) is 0 Å². The van der Waals surface area contributed by atoms with Gasteiger partial charge in [-0.2, -0.15) is 0 Å². The quantitative estimate of drug-likeness (QED) is 0.442. The van der Waals surface area contributed by atoms with Gasteiger partial charge in [0, 0.05) is 11.0 Å². The van der Waals surface area contributed by atoms with E-state index in [9.17, 15) is 20.2 Å². The molecule has 1 aromatic carbocycles. The van der Waals surface area contributed by atoms with Crippen molar-refractivity contribution in [1.29, 1.82) is 0 Å². The highest BCUT2D eigenvalue weighted by atomic mass is 16.9. The maximum Gasteiger partial charge on any atom is 0.294 e. The second-order valence-electron chi connectivity index (χ2n) is 3.23. The van der Waals surface area contributed by atoms with Crippen LogP contribution in [0.25, 0.3) is 11.0 Å². The van der Waals surface area contributed by atoms with E-state index in [1.165, 1.54) is 12.1 Å². The summed E-state index contributed by atoms with van der Waals surface area (Å²) in [7, 11) is 0. The first-order valence-electron chi connectivity index (χ1n) is 4.60. The summed E-state index contributed by atoms with van der Waals surface area (Å²) in [6.45, 7) is -0.566. The van der Waals surface area contributed by atoms with Crippen LogP contribution < -0.4 is 4.43 Å². The largest absolute Gasteiger partial charge is 0.805 e. The summed E-state index contributed by atoms with van der Waals surface area (Å²) in [5.41, 5.74) is 0.190. The standard InChI is InChI=1S/C9H7N3O5/c13-10-5-7(6-17-12(15)16)11(14)9-4-2-1-3-8(9)10/h1-5H,6H2. The first-order valence-corrected chi connectivity index (χ1v) is 4.60. The molecule has 0 bridgehead atoms. The van der Waals surface area contributed by atoms with Crippen LogP contribution in [0.15, 0.2) is 30.5 Å². The van der Waals surface area contributed by atoms with Gasteiger partial charge in [0.25, 0.3) is 10.6 Å². The van der Waals surface area contributed by atoms with E-state index in [0.29, 0.717) is 9.16 Å². The molecular weight excluding hydrogens is 230 g/mol. The van der Waals surface area contributed by atoms with Crippen LogP contribution in [-0.2, 0) is 11.4 Å². The second kappa shape index (κ2) is 4.08. The van der Waals surface area contributed by atoms with Crippen LogP contribution in [0.4, 0.5) is 0 Å². The van der Waals surface area contributed by atoms with E-state index in [4.69, 9.17) is 0 Å². The highest BCUT2D eigenvalue weighted by Crippen LogP contribution is 2.11. The molecule has 0 fully saturated rings. The summed E-state index contributed by atoms with van der Waals surface area (Å²) in [6.07, 6.45) is 0.957. The van der Waals surface area contributed by atoms with Gasteiger partial charge in [0.05, 0.1) is 4.43 Å². The van der Waals surface area contributed by atoms with E-state index in [2.05, 4.69) is 4.84 Å². The third-order valence-corrected chi connectivity index (χ3v) is 2.18. The average Bonchev–Trinajstić information content (AvgIpc) is 2.32. The molecule has 0 amide bonds. The number of nitrogens with zero attached hydrogens (tertiary/aromatic N) is 3. The lowest BCUT2D eigenvalue weighted by Gasteiger charge is -2.15. The van der Waals surface area contributed by atoms with E-state index in [1.54, 1.807) is 12.1 Å². The van der Waals surface area contributed by atoms with Gasteiger partial charge in [0.1, 0.15) is 17.8 Å². The first-order chi connectivity index (χ1) is 8.09. The number of rotatable bonds is 3. The molecule has 0 saturated carbocycles. The predicted octanol–water partition coefficient (Wildman–Crippen LogP) is 0.610. The Morgan fingerprint density at radius 2 is 2.12 bits per heavy atom. The molecule has 2 aromatic rings. The first kappa shape index (κ1) is 10.9. The number of fused-ring (bicyclic) bond motifs is 1. The minimum absolute atomic E-state index is 0.129. The summed E-state index contributed by atoms with van der Waals surface area (Å²) < 4.78 is 0.912. The molecule has 2 rings (SSSR count). The Hall–Kier alpha value is -2.64. The Morgan fingerprint density at radius 1 is 1.41 bits per heavy atom. The van der Waals surface area contributed by atoms with Crippen LogP contribution in [-0.4, -0.2) is 9.82 Å². The fourth-order valence-corrected chi connectivity index (χ4v) is 1.45. The van der Waals surface area contributed by atoms with Crippen LogP contribution in [0.1, 0.15) is 5.69 Å². The van der Waals surface area contributed by atoms with Crippen LogP contribution in [0.2, 0.25) is 0 Å². The molecule has 0 atom stereocenters. The van der Waals surface area contributed by atoms with Crippen molar-refractivity contribution in [3.05, 3.63) is 56.4 Å². The monoisotopic (exact) mass is 237 g/mol. The van der Waals surface area contributed by atoms with Gasteiger partial charge >= 0.3 is 0 Å². The summed E-state index contributed by atoms with van der Waals surface area (Å²) in [4.78, 5) is 25.6. The maximum atomic E-state index is 11.8. The molecule has 0 N–H and O–H groups in total. The zero-order valence-corrected chi connectivity index (χ0v) is 8.48. The molecule has 0 radical (unpaired) electrons. The molecule has 8 nitrogen and oxygen atoms in total. The summed E-state index contributed by atoms with van der Waals surface area (Å²) in [5, 5.41) is 20.8. The van der Waals surface area contributed by atoms with Crippen molar-refractivity contribution in [2.45, 2.75) is 6.61 Å². The summed E-state index contributed by atoms with van der Waals surface area (Å²) in [6, 6.07) is 6.14. The highest BCUT2D eigenvalue weighted by molar-refractivity contribution is 5.71. The molecule has 0 unspecified atom stereocenters. The fraction of sp³-hybridized carbons (Fsp3) is 0.111. The average molecular weight is 237 g/mol. The van der Waals surface area contributed by atoms with Crippen molar-refractivity contribution in [2.24, 2.45) is 0 Å². The van der Waals surface area contributed by atoms with Gasteiger partial charge < -0.3 is 14.8 Å². The molecule has 88 valence electrons. The van der Waals surface area contributed by atoms with Crippen LogP contribution in [0, 0.1) is 20.2 Å². The van der Waals surface area contributed by atoms with Gasteiger partial charge in [-0.3, -0.25) is 0 Å². The normalized spacial score (nSPS) is 10.4. The number of hydrogen-bond acceptors (Lipinski definition) is 5. The van der Waals surface area contributed by atoms with E-state index >= 15 is 0 Å². The molecule has 17 heavy (non-hydrogen) atoms. The van der Waals surface area contributed by atoms with Crippen molar-refractivity contribution < 1.29 is 14.4 Å². The minimum atomic E-state index is -1.02. The minimum Gasteiger partial charge on any atom is -0.805 e. The topological polar surface area (TPSA) is 103 Å². The highest BCUT2D eigenvalue weighted by Gasteiger charge is 2.12.